The average molecular weight is 628 g/mol. The van der Waals surface area contributed by atoms with E-state index in [9.17, 15) is 22.8 Å². The van der Waals surface area contributed by atoms with Gasteiger partial charge in [-0.25, -0.2) is 0 Å². The maximum absolute atomic E-state index is 13.5. The van der Waals surface area contributed by atoms with Gasteiger partial charge in [0.05, 0.1) is 41.9 Å². The molecule has 2 aliphatic heterocycles. The minimum Gasteiger partial charge on any atom is -0.378 e. The molecule has 36 heavy (non-hydrogen) atoms. The molecule has 2 aromatic carbocycles. The number of morpholine rings is 1. The third-order valence-electron chi connectivity index (χ3n) is 5.94. The number of nitrogens with zero attached hydrogens (tertiary/aromatic N) is 3. The van der Waals surface area contributed by atoms with E-state index in [1.54, 1.807) is 36.5 Å². The SMILES string of the molecule is O=C1S/C(=C\c2ccc3c(cnn3Cc3ccc(I)cc3C(F)(F)F)c2)C(=O)N1C[C@@H]1COCCN1. The van der Waals surface area contributed by atoms with Crippen molar-refractivity contribution >= 4 is 62.5 Å². The Balaban J connectivity index is 1.36. The van der Waals surface area contributed by atoms with E-state index in [1.165, 1.54) is 15.6 Å². The molecule has 188 valence electrons. The highest BCUT2D eigenvalue weighted by Crippen LogP contribution is 2.35. The molecule has 1 aromatic heterocycles. The quantitative estimate of drug-likeness (QED) is 0.326. The highest BCUT2D eigenvalue weighted by atomic mass is 127. The second kappa shape index (κ2) is 10.1. The molecule has 0 spiro atoms. The first-order chi connectivity index (χ1) is 17.2. The van der Waals surface area contributed by atoms with Crippen LogP contribution < -0.4 is 5.32 Å². The van der Waals surface area contributed by atoms with Gasteiger partial charge in [-0.1, -0.05) is 12.1 Å². The number of hydrogen-bond acceptors (Lipinski definition) is 6. The van der Waals surface area contributed by atoms with Gasteiger partial charge in [-0.3, -0.25) is 19.2 Å². The second-order valence-electron chi connectivity index (χ2n) is 8.44. The lowest BCUT2D eigenvalue weighted by Crippen LogP contribution is -2.49. The lowest BCUT2D eigenvalue weighted by molar-refractivity contribution is -0.138. The van der Waals surface area contributed by atoms with Gasteiger partial charge in [0, 0.05) is 28.1 Å². The topological polar surface area (TPSA) is 76.5 Å². The summed E-state index contributed by atoms with van der Waals surface area (Å²) >= 11 is 2.75. The molecule has 3 heterocycles. The number of alkyl halides is 3. The van der Waals surface area contributed by atoms with E-state index >= 15 is 0 Å². The third kappa shape index (κ3) is 5.31. The first kappa shape index (κ1) is 25.2. The number of fused-ring (bicyclic) bond motifs is 1. The summed E-state index contributed by atoms with van der Waals surface area (Å²) in [4.78, 5) is 26.8. The predicted octanol–water partition coefficient (Wildman–Crippen LogP) is 4.73. The zero-order valence-corrected chi connectivity index (χ0v) is 21.7. The Morgan fingerprint density at radius 1 is 1.22 bits per heavy atom. The molecule has 7 nitrogen and oxygen atoms in total. The number of carbonyl (C=O) groups is 2. The van der Waals surface area contributed by atoms with Gasteiger partial charge in [-0.2, -0.15) is 18.3 Å². The van der Waals surface area contributed by atoms with Gasteiger partial charge >= 0.3 is 6.18 Å². The van der Waals surface area contributed by atoms with E-state index in [0.29, 0.717) is 44.7 Å². The summed E-state index contributed by atoms with van der Waals surface area (Å²) in [5.74, 6) is -0.355. The van der Waals surface area contributed by atoms with Crippen LogP contribution >= 0.6 is 34.4 Å². The number of aromatic nitrogens is 2. The van der Waals surface area contributed by atoms with Crippen LogP contribution in [0.2, 0.25) is 0 Å². The molecule has 0 saturated carbocycles. The maximum Gasteiger partial charge on any atom is 0.416 e. The number of thioether (sulfide) groups is 1. The van der Waals surface area contributed by atoms with Gasteiger partial charge < -0.3 is 10.1 Å². The predicted molar refractivity (Wildman–Crippen MR) is 138 cm³/mol. The summed E-state index contributed by atoms with van der Waals surface area (Å²) in [6, 6.07) is 9.44. The molecule has 1 atom stereocenters. The summed E-state index contributed by atoms with van der Waals surface area (Å²) < 4.78 is 48.0. The van der Waals surface area contributed by atoms with Gasteiger partial charge in [-0.05, 0) is 75.8 Å². The smallest absolute Gasteiger partial charge is 0.378 e. The minimum atomic E-state index is -4.46. The van der Waals surface area contributed by atoms with Crippen molar-refractivity contribution in [2.45, 2.75) is 18.8 Å². The highest BCUT2D eigenvalue weighted by molar-refractivity contribution is 14.1. The number of halogens is 4. The third-order valence-corrected chi connectivity index (χ3v) is 7.51. The van der Waals surface area contributed by atoms with Crippen LogP contribution in [0.1, 0.15) is 16.7 Å². The first-order valence-corrected chi connectivity index (χ1v) is 13.0. The Labute approximate surface area is 222 Å². The molecular formula is C24H20F3IN4O3S. The number of amides is 2. The van der Waals surface area contributed by atoms with E-state index in [1.807, 2.05) is 22.6 Å². The molecule has 2 fully saturated rings. The molecule has 2 aliphatic rings. The van der Waals surface area contributed by atoms with Gasteiger partial charge in [0.2, 0.25) is 0 Å². The zero-order valence-electron chi connectivity index (χ0n) is 18.7. The fraction of sp³-hybridized carbons (Fsp3) is 0.292. The summed E-state index contributed by atoms with van der Waals surface area (Å²) in [5.41, 5.74) is 0.802. The first-order valence-electron chi connectivity index (χ1n) is 11.1. The molecule has 0 unspecified atom stereocenters. The lowest BCUT2D eigenvalue weighted by atomic mass is 10.1. The largest absolute Gasteiger partial charge is 0.416 e. The Morgan fingerprint density at radius 3 is 2.81 bits per heavy atom. The lowest BCUT2D eigenvalue weighted by Gasteiger charge is -2.26. The van der Waals surface area contributed by atoms with Gasteiger partial charge in [0.1, 0.15) is 0 Å². The van der Waals surface area contributed by atoms with Crippen LogP contribution in [-0.4, -0.2) is 58.2 Å². The molecule has 1 N–H and O–H groups in total. The van der Waals surface area contributed by atoms with Gasteiger partial charge in [0.15, 0.2) is 0 Å². The van der Waals surface area contributed by atoms with Crippen molar-refractivity contribution in [3.63, 3.8) is 0 Å². The van der Waals surface area contributed by atoms with Crippen LogP contribution in [0, 0.1) is 3.57 Å². The molecule has 2 amide bonds. The van der Waals surface area contributed by atoms with Gasteiger partial charge in [0.25, 0.3) is 11.1 Å². The standard InChI is InChI=1S/C24H20F3IN4O3S/c25-24(26,27)19-9-17(28)3-2-15(19)11-32-20-4-1-14(7-16(20)10-30-32)8-21-22(33)31(23(34)36-21)12-18-13-35-6-5-29-18/h1-4,7-10,18,29H,5-6,11-13H2/b21-8-/t18-/m1/s1. The second-order valence-corrected chi connectivity index (χ2v) is 10.7. The summed E-state index contributed by atoms with van der Waals surface area (Å²) in [7, 11) is 0. The summed E-state index contributed by atoms with van der Waals surface area (Å²) in [5, 5.41) is 7.91. The number of nitrogens with one attached hydrogen (secondary N) is 1. The molecule has 5 rings (SSSR count). The van der Waals surface area contributed by atoms with E-state index in [4.69, 9.17) is 4.74 Å². The van der Waals surface area contributed by atoms with Crippen LogP contribution in [-0.2, 0) is 22.3 Å². The van der Waals surface area contributed by atoms with E-state index in [-0.39, 0.29) is 35.8 Å². The normalized spacial score (nSPS) is 20.2. The van der Waals surface area contributed by atoms with Crippen LogP contribution in [0.15, 0.2) is 47.5 Å². The number of hydrogen-bond donors (Lipinski definition) is 1. The van der Waals surface area contributed by atoms with Crippen molar-refractivity contribution in [3.05, 3.63) is 67.8 Å². The number of imide groups is 1. The van der Waals surface area contributed by atoms with Crippen molar-refractivity contribution in [2.24, 2.45) is 0 Å². The Morgan fingerprint density at radius 2 is 2.06 bits per heavy atom. The molecule has 0 aliphatic carbocycles. The Hall–Kier alpha value is -2.42. The zero-order chi connectivity index (χ0) is 25.4. The van der Waals surface area contributed by atoms with E-state index < -0.39 is 11.7 Å². The number of ether oxygens (including phenoxy) is 1. The van der Waals surface area contributed by atoms with Crippen molar-refractivity contribution < 1.29 is 27.5 Å². The number of rotatable bonds is 5. The fourth-order valence-corrected chi connectivity index (χ4v) is 5.54. The average Bonchev–Trinajstić information content (AvgIpc) is 3.35. The molecule has 12 heteroatoms. The van der Waals surface area contributed by atoms with Crippen molar-refractivity contribution in [1.82, 2.24) is 20.0 Å². The number of benzene rings is 2. The monoisotopic (exact) mass is 628 g/mol. The van der Waals surface area contributed by atoms with Gasteiger partial charge in [-0.15, -0.1) is 0 Å². The number of carbonyl (C=O) groups excluding carboxylic acids is 2. The molecule has 2 saturated heterocycles. The highest BCUT2D eigenvalue weighted by Gasteiger charge is 2.37. The molecule has 0 bridgehead atoms. The molecule has 0 radical (unpaired) electrons. The van der Waals surface area contributed by atoms with Crippen LogP contribution in [0.4, 0.5) is 18.0 Å². The van der Waals surface area contributed by atoms with Crippen molar-refractivity contribution in [1.29, 1.82) is 0 Å². The van der Waals surface area contributed by atoms with Crippen molar-refractivity contribution in [2.75, 3.05) is 26.3 Å². The maximum atomic E-state index is 13.5. The summed E-state index contributed by atoms with van der Waals surface area (Å²) in [6.45, 7) is 1.92. The van der Waals surface area contributed by atoms with Crippen LogP contribution in [0.3, 0.4) is 0 Å². The van der Waals surface area contributed by atoms with Crippen molar-refractivity contribution in [3.8, 4) is 0 Å². The van der Waals surface area contributed by atoms with Crippen LogP contribution in [0.25, 0.3) is 17.0 Å². The van der Waals surface area contributed by atoms with Crippen LogP contribution in [0.5, 0.6) is 0 Å². The molecule has 3 aromatic rings. The minimum absolute atomic E-state index is 0.0353. The van der Waals surface area contributed by atoms with E-state index in [2.05, 4.69) is 10.4 Å². The Kier molecular flexibility index (Phi) is 7.12. The Bertz CT molecular complexity index is 1370. The molecular weight excluding hydrogens is 608 g/mol. The van der Waals surface area contributed by atoms with E-state index in [0.717, 1.165) is 17.8 Å². The fourth-order valence-electron chi connectivity index (χ4n) is 4.20. The summed E-state index contributed by atoms with van der Waals surface area (Å²) in [6.07, 6.45) is -1.24.